The van der Waals surface area contributed by atoms with E-state index in [1.807, 2.05) is 6.92 Å². The molecule has 1 amide bonds. The minimum absolute atomic E-state index is 0.0489. The van der Waals surface area contributed by atoms with Gasteiger partial charge in [-0.1, -0.05) is 12.1 Å². The van der Waals surface area contributed by atoms with Gasteiger partial charge in [-0.2, -0.15) is 0 Å². The van der Waals surface area contributed by atoms with E-state index in [4.69, 9.17) is 0 Å². The number of pyridine rings is 1. The van der Waals surface area contributed by atoms with Crippen molar-refractivity contribution in [1.29, 1.82) is 0 Å². The topological polar surface area (TPSA) is 78.3 Å². The van der Waals surface area contributed by atoms with E-state index in [-0.39, 0.29) is 41.8 Å². The summed E-state index contributed by atoms with van der Waals surface area (Å²) in [7, 11) is 1.75. The van der Waals surface area contributed by atoms with Crippen LogP contribution in [0.5, 0.6) is 5.75 Å². The molecular weight excluding hydrogens is 392 g/mol. The highest BCUT2D eigenvalue weighted by atomic mass is 19.3. The van der Waals surface area contributed by atoms with E-state index in [9.17, 15) is 23.5 Å². The van der Waals surface area contributed by atoms with Crippen LogP contribution in [0.4, 0.5) is 8.78 Å². The molecule has 1 saturated heterocycles. The highest BCUT2D eigenvalue weighted by Gasteiger charge is 2.82. The lowest BCUT2D eigenvalue weighted by Gasteiger charge is -2.30. The number of likely N-dealkylation sites (tertiary alicyclic amines) is 1. The maximum absolute atomic E-state index is 14.9. The maximum atomic E-state index is 14.9. The van der Waals surface area contributed by atoms with Gasteiger partial charge in [0.15, 0.2) is 0 Å². The summed E-state index contributed by atoms with van der Waals surface area (Å²) in [5, 5.41) is 10.0. The van der Waals surface area contributed by atoms with Gasteiger partial charge in [-0.25, -0.2) is 8.78 Å². The number of benzene rings is 1. The van der Waals surface area contributed by atoms with Crippen LogP contribution in [0.3, 0.4) is 0 Å². The molecule has 2 aliphatic rings. The Kier molecular flexibility index (Phi) is 3.73. The molecule has 2 N–H and O–H groups in total. The number of aromatic nitrogens is 2. The Labute approximate surface area is 170 Å². The number of hydrogen-bond donors (Lipinski definition) is 2. The van der Waals surface area contributed by atoms with E-state index in [2.05, 4.69) is 4.98 Å². The number of aromatic amines is 1. The summed E-state index contributed by atoms with van der Waals surface area (Å²) in [6.45, 7) is 1.89. The minimum atomic E-state index is -2.96. The second-order valence-electron chi connectivity index (χ2n) is 8.38. The van der Waals surface area contributed by atoms with E-state index in [1.54, 1.807) is 36.1 Å². The first-order valence-corrected chi connectivity index (χ1v) is 9.82. The van der Waals surface area contributed by atoms with Crippen molar-refractivity contribution >= 4 is 16.8 Å². The Morgan fingerprint density at radius 2 is 2.10 bits per heavy atom. The Bertz CT molecular complexity index is 1260. The highest BCUT2D eigenvalue weighted by Crippen LogP contribution is 2.70. The summed E-state index contributed by atoms with van der Waals surface area (Å²) < 4.78 is 31.5. The van der Waals surface area contributed by atoms with Crippen molar-refractivity contribution in [2.75, 3.05) is 13.1 Å². The van der Waals surface area contributed by atoms with Crippen molar-refractivity contribution in [3.8, 4) is 5.75 Å². The molecule has 30 heavy (non-hydrogen) atoms. The minimum Gasteiger partial charge on any atom is -0.508 e. The molecule has 1 aliphatic carbocycles. The van der Waals surface area contributed by atoms with Gasteiger partial charge in [-0.15, -0.1) is 0 Å². The summed E-state index contributed by atoms with van der Waals surface area (Å²) in [5.74, 6) is -4.43. The first-order valence-electron chi connectivity index (χ1n) is 9.82. The zero-order valence-corrected chi connectivity index (χ0v) is 16.6. The fourth-order valence-corrected chi connectivity index (χ4v) is 5.25. The van der Waals surface area contributed by atoms with Crippen LogP contribution >= 0.6 is 0 Å². The standard InChI is InChI=1S/C22H21F2N3O3/c1-12-9-25-19(29)17-15(10-26(2)18(12)17)20(30)27-7-6-21(16(11-27)22(21,23)24)13-4-3-5-14(28)8-13/h3-5,8-10,16,28H,6-7,11H2,1-2H3,(H,25,29). The SMILES string of the molecule is Cc1c[nH]c(=O)c2c(C(=O)N3CCC4(c5cccc(O)c5)C(C3)C4(F)F)cn(C)c12. The molecule has 1 aliphatic heterocycles. The van der Waals surface area contributed by atoms with Crippen molar-refractivity contribution in [3.63, 3.8) is 0 Å². The molecule has 1 saturated carbocycles. The number of alkyl halides is 2. The highest BCUT2D eigenvalue weighted by molar-refractivity contribution is 6.07. The zero-order valence-electron chi connectivity index (χ0n) is 16.6. The molecule has 2 aromatic heterocycles. The number of amides is 1. The molecule has 3 heterocycles. The van der Waals surface area contributed by atoms with Crippen LogP contribution in [0.2, 0.25) is 0 Å². The Hall–Kier alpha value is -3.16. The van der Waals surface area contributed by atoms with E-state index in [0.29, 0.717) is 11.1 Å². The van der Waals surface area contributed by atoms with E-state index in [0.717, 1.165) is 5.56 Å². The number of aryl methyl sites for hydroxylation is 2. The number of phenols is 1. The molecular formula is C22H21F2N3O3. The normalized spacial score (nSPS) is 24.7. The van der Waals surface area contributed by atoms with Crippen molar-refractivity contribution in [1.82, 2.24) is 14.5 Å². The average Bonchev–Trinajstić information content (AvgIpc) is 3.01. The zero-order chi connectivity index (χ0) is 21.4. The number of halogens is 2. The summed E-state index contributed by atoms with van der Waals surface area (Å²) in [4.78, 5) is 29.7. The summed E-state index contributed by atoms with van der Waals surface area (Å²) in [5.41, 5.74) is 0.386. The number of hydrogen-bond acceptors (Lipinski definition) is 3. The molecule has 0 spiro atoms. The molecule has 2 atom stereocenters. The fraction of sp³-hybridized carbons (Fsp3) is 0.364. The average molecular weight is 413 g/mol. The number of fused-ring (bicyclic) bond motifs is 2. The van der Waals surface area contributed by atoms with Crippen LogP contribution in [0.25, 0.3) is 10.9 Å². The first kappa shape index (κ1) is 18.8. The van der Waals surface area contributed by atoms with Crippen LogP contribution in [-0.4, -0.2) is 44.5 Å². The number of nitrogens with zero attached hydrogens (tertiary/aromatic N) is 2. The molecule has 6 nitrogen and oxygen atoms in total. The lowest BCUT2D eigenvalue weighted by atomic mass is 9.86. The number of carbonyl (C=O) groups is 1. The molecule has 1 aromatic carbocycles. The first-order chi connectivity index (χ1) is 14.2. The van der Waals surface area contributed by atoms with Crippen molar-refractivity contribution in [2.24, 2.45) is 13.0 Å². The van der Waals surface area contributed by atoms with Gasteiger partial charge in [0.05, 0.1) is 27.8 Å². The summed E-state index contributed by atoms with van der Waals surface area (Å²) in [6.07, 6.45) is 3.28. The predicted molar refractivity (Wildman–Crippen MR) is 107 cm³/mol. The van der Waals surface area contributed by atoms with Gasteiger partial charge < -0.3 is 19.6 Å². The molecule has 5 rings (SSSR count). The molecule has 2 unspecified atom stereocenters. The number of aromatic hydroxyl groups is 1. The van der Waals surface area contributed by atoms with Crippen molar-refractivity contribution in [3.05, 3.63) is 63.7 Å². The van der Waals surface area contributed by atoms with Crippen molar-refractivity contribution in [2.45, 2.75) is 24.7 Å². The Balaban J connectivity index is 1.50. The van der Waals surface area contributed by atoms with Gasteiger partial charge in [0.1, 0.15) is 5.75 Å². The van der Waals surface area contributed by atoms with Gasteiger partial charge in [-0.05, 0) is 36.6 Å². The van der Waals surface area contributed by atoms with Gasteiger partial charge in [0.25, 0.3) is 17.4 Å². The van der Waals surface area contributed by atoms with Crippen molar-refractivity contribution < 1.29 is 18.7 Å². The molecule has 0 bridgehead atoms. The van der Waals surface area contributed by atoms with Crippen LogP contribution in [0.15, 0.2) is 41.5 Å². The number of phenolic OH excluding ortho intramolecular Hbond substituents is 1. The van der Waals surface area contributed by atoms with Crippen LogP contribution in [-0.2, 0) is 12.5 Å². The molecule has 2 fully saturated rings. The number of H-pyrrole nitrogens is 1. The Morgan fingerprint density at radius 1 is 1.33 bits per heavy atom. The number of carbonyl (C=O) groups excluding carboxylic acids is 1. The van der Waals surface area contributed by atoms with E-state index >= 15 is 0 Å². The quantitative estimate of drug-likeness (QED) is 0.678. The number of piperidine rings is 1. The van der Waals surface area contributed by atoms with Crippen LogP contribution < -0.4 is 5.56 Å². The predicted octanol–water partition coefficient (Wildman–Crippen LogP) is 2.93. The van der Waals surface area contributed by atoms with E-state index in [1.165, 1.54) is 17.0 Å². The van der Waals surface area contributed by atoms with Gasteiger partial charge in [0.2, 0.25) is 0 Å². The Morgan fingerprint density at radius 3 is 2.80 bits per heavy atom. The number of nitrogens with one attached hydrogen (secondary N) is 1. The van der Waals surface area contributed by atoms with Gasteiger partial charge >= 0.3 is 0 Å². The van der Waals surface area contributed by atoms with Gasteiger partial charge in [-0.3, -0.25) is 9.59 Å². The third-order valence-corrected chi connectivity index (χ3v) is 6.80. The smallest absolute Gasteiger partial charge is 0.263 e. The molecule has 8 heteroatoms. The molecule has 0 radical (unpaired) electrons. The second-order valence-corrected chi connectivity index (χ2v) is 8.38. The maximum Gasteiger partial charge on any atom is 0.263 e. The summed E-state index contributed by atoms with van der Waals surface area (Å²) in [6, 6.07) is 6.01. The van der Waals surface area contributed by atoms with Gasteiger partial charge in [0, 0.05) is 32.5 Å². The number of rotatable bonds is 2. The third-order valence-electron chi connectivity index (χ3n) is 6.80. The van der Waals surface area contributed by atoms with Crippen LogP contribution in [0, 0.1) is 12.8 Å². The fourth-order valence-electron chi connectivity index (χ4n) is 5.25. The largest absolute Gasteiger partial charge is 0.508 e. The summed E-state index contributed by atoms with van der Waals surface area (Å²) >= 11 is 0. The molecule has 3 aromatic rings. The lowest BCUT2D eigenvalue weighted by Crippen LogP contribution is -2.40. The lowest BCUT2D eigenvalue weighted by molar-refractivity contribution is 0.0691. The van der Waals surface area contributed by atoms with Crippen LogP contribution in [0.1, 0.15) is 27.9 Å². The second kappa shape index (κ2) is 5.93. The third kappa shape index (κ3) is 2.27. The monoisotopic (exact) mass is 413 g/mol. The molecule has 156 valence electrons. The van der Waals surface area contributed by atoms with E-state index < -0.39 is 23.2 Å².